The smallest absolute Gasteiger partial charge is 0.253 e. The number of carbonyl (C=O) groups excluding carboxylic acids is 1. The fourth-order valence-electron chi connectivity index (χ4n) is 2.31. The van der Waals surface area contributed by atoms with Crippen molar-refractivity contribution in [2.75, 3.05) is 5.32 Å². The standard InChI is InChI=1S/C15H22N2O3/c1-10-4-5-13(20-10)14(18)17-11-6-7-16-12(8-11)9-15(2,3)19/h6-8,10,13,19H,4-5,9H2,1-3H3,(H,16,17,18). The molecule has 1 saturated heterocycles. The molecule has 0 saturated carbocycles. The lowest BCUT2D eigenvalue weighted by molar-refractivity contribution is -0.126. The number of hydrogen-bond acceptors (Lipinski definition) is 4. The van der Waals surface area contributed by atoms with Crippen LogP contribution in [0.25, 0.3) is 0 Å². The van der Waals surface area contributed by atoms with Crippen molar-refractivity contribution < 1.29 is 14.6 Å². The highest BCUT2D eigenvalue weighted by molar-refractivity contribution is 5.94. The number of pyridine rings is 1. The molecule has 20 heavy (non-hydrogen) atoms. The van der Waals surface area contributed by atoms with Crippen molar-refractivity contribution in [2.24, 2.45) is 0 Å². The van der Waals surface area contributed by atoms with Crippen LogP contribution in [0.15, 0.2) is 18.3 Å². The van der Waals surface area contributed by atoms with E-state index >= 15 is 0 Å². The lowest BCUT2D eigenvalue weighted by Gasteiger charge is -2.17. The predicted molar refractivity (Wildman–Crippen MR) is 76.4 cm³/mol. The summed E-state index contributed by atoms with van der Waals surface area (Å²) < 4.78 is 5.54. The Labute approximate surface area is 119 Å². The molecule has 0 bridgehead atoms. The van der Waals surface area contributed by atoms with E-state index in [-0.39, 0.29) is 18.1 Å². The summed E-state index contributed by atoms with van der Waals surface area (Å²) in [6, 6.07) is 3.53. The van der Waals surface area contributed by atoms with Gasteiger partial charge in [0.15, 0.2) is 0 Å². The number of nitrogens with one attached hydrogen (secondary N) is 1. The molecule has 1 aromatic heterocycles. The van der Waals surface area contributed by atoms with Crippen molar-refractivity contribution in [1.82, 2.24) is 4.98 Å². The third-order valence-corrected chi connectivity index (χ3v) is 3.22. The summed E-state index contributed by atoms with van der Waals surface area (Å²) in [5.41, 5.74) is 0.614. The molecular weight excluding hydrogens is 256 g/mol. The van der Waals surface area contributed by atoms with Crippen LogP contribution in [0.3, 0.4) is 0 Å². The normalized spacial score (nSPS) is 22.8. The van der Waals surface area contributed by atoms with Crippen LogP contribution in [0, 0.1) is 0 Å². The Morgan fingerprint density at radius 1 is 1.55 bits per heavy atom. The van der Waals surface area contributed by atoms with Gasteiger partial charge < -0.3 is 15.2 Å². The van der Waals surface area contributed by atoms with E-state index in [0.29, 0.717) is 12.1 Å². The van der Waals surface area contributed by atoms with Crippen LogP contribution < -0.4 is 5.32 Å². The highest BCUT2D eigenvalue weighted by Crippen LogP contribution is 2.21. The number of nitrogens with zero attached hydrogens (tertiary/aromatic N) is 1. The Bertz CT molecular complexity index is 482. The summed E-state index contributed by atoms with van der Waals surface area (Å²) in [4.78, 5) is 16.2. The molecule has 1 fully saturated rings. The Hall–Kier alpha value is -1.46. The molecule has 2 atom stereocenters. The summed E-state index contributed by atoms with van der Waals surface area (Å²) in [6.07, 6.45) is 3.53. The average molecular weight is 278 g/mol. The number of rotatable bonds is 4. The molecule has 0 aliphatic carbocycles. The van der Waals surface area contributed by atoms with Crippen molar-refractivity contribution in [3.63, 3.8) is 0 Å². The molecule has 110 valence electrons. The van der Waals surface area contributed by atoms with Gasteiger partial charge in [0.2, 0.25) is 0 Å². The van der Waals surface area contributed by atoms with Gasteiger partial charge in [0.05, 0.1) is 11.7 Å². The minimum Gasteiger partial charge on any atom is -0.390 e. The highest BCUT2D eigenvalue weighted by atomic mass is 16.5. The number of hydrogen-bond donors (Lipinski definition) is 2. The van der Waals surface area contributed by atoms with Gasteiger partial charge in [-0.2, -0.15) is 0 Å². The van der Waals surface area contributed by atoms with E-state index in [1.807, 2.05) is 6.92 Å². The van der Waals surface area contributed by atoms with Crippen LogP contribution in [0.1, 0.15) is 39.3 Å². The number of anilines is 1. The van der Waals surface area contributed by atoms with Crippen molar-refractivity contribution in [2.45, 2.75) is 57.8 Å². The van der Waals surface area contributed by atoms with E-state index in [1.54, 1.807) is 32.2 Å². The second kappa shape index (κ2) is 5.89. The largest absolute Gasteiger partial charge is 0.390 e. The lowest BCUT2D eigenvalue weighted by Crippen LogP contribution is -2.28. The average Bonchev–Trinajstić information content (AvgIpc) is 2.74. The van der Waals surface area contributed by atoms with Crippen LogP contribution in [0.2, 0.25) is 0 Å². The van der Waals surface area contributed by atoms with Gasteiger partial charge in [-0.3, -0.25) is 9.78 Å². The van der Waals surface area contributed by atoms with Gasteiger partial charge in [0, 0.05) is 24.0 Å². The topological polar surface area (TPSA) is 71.5 Å². The Morgan fingerprint density at radius 3 is 2.90 bits per heavy atom. The second-order valence-corrected chi connectivity index (χ2v) is 6.03. The highest BCUT2D eigenvalue weighted by Gasteiger charge is 2.28. The quantitative estimate of drug-likeness (QED) is 0.882. The zero-order chi connectivity index (χ0) is 14.8. The third-order valence-electron chi connectivity index (χ3n) is 3.22. The molecule has 2 heterocycles. The first-order valence-electron chi connectivity index (χ1n) is 6.97. The molecule has 1 amide bonds. The molecular formula is C15H22N2O3. The van der Waals surface area contributed by atoms with Crippen LogP contribution in [-0.4, -0.2) is 33.8 Å². The van der Waals surface area contributed by atoms with Gasteiger partial charge in [-0.05, 0) is 45.7 Å². The molecule has 2 unspecified atom stereocenters. The third kappa shape index (κ3) is 4.28. The van der Waals surface area contributed by atoms with Gasteiger partial charge >= 0.3 is 0 Å². The first kappa shape index (κ1) is 14.9. The summed E-state index contributed by atoms with van der Waals surface area (Å²) in [6.45, 7) is 5.43. The van der Waals surface area contributed by atoms with Crippen LogP contribution in [0.5, 0.6) is 0 Å². The van der Waals surface area contributed by atoms with Gasteiger partial charge in [0.1, 0.15) is 6.10 Å². The van der Waals surface area contributed by atoms with E-state index in [4.69, 9.17) is 4.74 Å². The van der Waals surface area contributed by atoms with Crippen molar-refractivity contribution in [3.8, 4) is 0 Å². The molecule has 1 aliphatic heterocycles. The minimum absolute atomic E-state index is 0.116. The Morgan fingerprint density at radius 2 is 2.30 bits per heavy atom. The van der Waals surface area contributed by atoms with E-state index in [9.17, 15) is 9.90 Å². The maximum atomic E-state index is 12.1. The zero-order valence-electron chi connectivity index (χ0n) is 12.2. The molecule has 1 aromatic rings. The van der Waals surface area contributed by atoms with Crippen LogP contribution in [-0.2, 0) is 16.0 Å². The molecule has 2 rings (SSSR count). The lowest BCUT2D eigenvalue weighted by atomic mass is 10.0. The molecule has 0 spiro atoms. The number of aliphatic hydroxyl groups is 1. The van der Waals surface area contributed by atoms with Gasteiger partial charge in [0.25, 0.3) is 5.91 Å². The van der Waals surface area contributed by atoms with Crippen LogP contribution in [0.4, 0.5) is 5.69 Å². The molecule has 1 aliphatic rings. The number of amides is 1. The summed E-state index contributed by atoms with van der Waals surface area (Å²) in [5, 5.41) is 12.6. The van der Waals surface area contributed by atoms with Gasteiger partial charge in [-0.15, -0.1) is 0 Å². The van der Waals surface area contributed by atoms with E-state index in [1.165, 1.54) is 0 Å². The van der Waals surface area contributed by atoms with Crippen molar-refractivity contribution in [3.05, 3.63) is 24.0 Å². The number of ether oxygens (including phenoxy) is 1. The second-order valence-electron chi connectivity index (χ2n) is 6.03. The van der Waals surface area contributed by atoms with Gasteiger partial charge in [-0.1, -0.05) is 0 Å². The van der Waals surface area contributed by atoms with Crippen molar-refractivity contribution in [1.29, 1.82) is 0 Å². The molecule has 5 nitrogen and oxygen atoms in total. The summed E-state index contributed by atoms with van der Waals surface area (Å²) in [7, 11) is 0. The Kier molecular flexibility index (Phi) is 4.40. The van der Waals surface area contributed by atoms with Gasteiger partial charge in [-0.25, -0.2) is 0 Å². The minimum atomic E-state index is -0.820. The maximum absolute atomic E-state index is 12.1. The van der Waals surface area contributed by atoms with E-state index in [2.05, 4.69) is 10.3 Å². The molecule has 0 aromatic carbocycles. The monoisotopic (exact) mass is 278 g/mol. The number of carbonyl (C=O) groups is 1. The SMILES string of the molecule is CC1CCC(C(=O)Nc2ccnc(CC(C)(C)O)c2)O1. The fraction of sp³-hybridized carbons (Fsp3) is 0.600. The van der Waals surface area contributed by atoms with E-state index in [0.717, 1.165) is 18.5 Å². The Balaban J connectivity index is 1.99. The van der Waals surface area contributed by atoms with Crippen molar-refractivity contribution >= 4 is 11.6 Å². The predicted octanol–water partition coefficient (Wildman–Crippen LogP) is 1.90. The molecule has 5 heteroatoms. The molecule has 2 N–H and O–H groups in total. The van der Waals surface area contributed by atoms with Crippen LogP contribution >= 0.6 is 0 Å². The first-order chi connectivity index (χ1) is 9.33. The summed E-state index contributed by atoms with van der Waals surface area (Å²) >= 11 is 0. The van der Waals surface area contributed by atoms with E-state index < -0.39 is 5.60 Å². The number of aromatic nitrogens is 1. The zero-order valence-corrected chi connectivity index (χ0v) is 12.2. The fourth-order valence-corrected chi connectivity index (χ4v) is 2.31. The first-order valence-corrected chi connectivity index (χ1v) is 6.97. The molecule has 0 radical (unpaired) electrons. The maximum Gasteiger partial charge on any atom is 0.253 e. The summed E-state index contributed by atoms with van der Waals surface area (Å²) in [5.74, 6) is -0.116.